The minimum Gasteiger partial charge on any atom is -0.296 e. The second-order valence-corrected chi connectivity index (χ2v) is 7.90. The molecule has 31 heavy (non-hydrogen) atoms. The SMILES string of the molecule is O=C(Nc1nnc(CCN2C(=O)c3ccccc3C2=O)s1)c1cc([N+](=O)[O-])ccc1Cl. The summed E-state index contributed by atoms with van der Waals surface area (Å²) in [4.78, 5) is 48.6. The van der Waals surface area contributed by atoms with Crippen LogP contribution >= 0.6 is 22.9 Å². The van der Waals surface area contributed by atoms with Gasteiger partial charge in [0, 0.05) is 25.1 Å². The monoisotopic (exact) mass is 457 g/mol. The maximum absolute atomic E-state index is 12.4. The number of nitro groups is 1. The number of nitro benzene ring substituents is 1. The first kappa shape index (κ1) is 20.6. The molecule has 156 valence electrons. The van der Waals surface area contributed by atoms with Crippen LogP contribution < -0.4 is 5.32 Å². The van der Waals surface area contributed by atoms with E-state index in [1.165, 1.54) is 12.1 Å². The summed E-state index contributed by atoms with van der Waals surface area (Å²) < 4.78 is 0. The number of amides is 3. The van der Waals surface area contributed by atoms with E-state index in [1.807, 2.05) is 0 Å². The molecule has 2 aromatic carbocycles. The van der Waals surface area contributed by atoms with Gasteiger partial charge in [0.25, 0.3) is 23.4 Å². The fourth-order valence-electron chi connectivity index (χ4n) is 3.02. The molecule has 0 atom stereocenters. The van der Waals surface area contributed by atoms with E-state index >= 15 is 0 Å². The first-order chi connectivity index (χ1) is 14.8. The number of benzene rings is 2. The second kappa shape index (κ2) is 8.20. The van der Waals surface area contributed by atoms with Crippen LogP contribution in [0.1, 0.15) is 36.1 Å². The maximum atomic E-state index is 12.4. The topological polar surface area (TPSA) is 135 Å². The molecule has 2 heterocycles. The molecule has 1 aromatic heterocycles. The van der Waals surface area contributed by atoms with Crippen LogP contribution in [0.3, 0.4) is 0 Å². The number of hydrogen-bond donors (Lipinski definition) is 1. The molecule has 0 spiro atoms. The van der Waals surface area contributed by atoms with Crippen LogP contribution in [0.4, 0.5) is 10.8 Å². The van der Waals surface area contributed by atoms with Crippen LogP contribution in [0.5, 0.6) is 0 Å². The highest BCUT2D eigenvalue weighted by Crippen LogP contribution is 2.25. The minimum atomic E-state index is -0.670. The molecule has 1 aliphatic heterocycles. The maximum Gasteiger partial charge on any atom is 0.270 e. The molecule has 0 saturated carbocycles. The first-order valence-electron chi connectivity index (χ1n) is 8.88. The number of nitrogens with one attached hydrogen (secondary N) is 1. The van der Waals surface area contributed by atoms with Gasteiger partial charge in [0.15, 0.2) is 0 Å². The summed E-state index contributed by atoms with van der Waals surface area (Å²) in [7, 11) is 0. The van der Waals surface area contributed by atoms with Crippen LogP contribution in [0.15, 0.2) is 42.5 Å². The minimum absolute atomic E-state index is 0.0541. The summed E-state index contributed by atoms with van der Waals surface area (Å²) in [6.07, 6.45) is 0.260. The third-order valence-electron chi connectivity index (χ3n) is 4.52. The summed E-state index contributed by atoms with van der Waals surface area (Å²) in [6, 6.07) is 10.1. The number of fused-ring (bicyclic) bond motifs is 1. The number of carbonyl (C=O) groups excluding carboxylic acids is 3. The second-order valence-electron chi connectivity index (χ2n) is 6.43. The van der Waals surface area contributed by atoms with Crippen LogP contribution in [0.25, 0.3) is 0 Å². The lowest BCUT2D eigenvalue weighted by molar-refractivity contribution is -0.384. The molecule has 10 nitrogen and oxygen atoms in total. The van der Waals surface area contributed by atoms with Crippen LogP contribution in [-0.2, 0) is 6.42 Å². The lowest BCUT2D eigenvalue weighted by Gasteiger charge is -2.12. The van der Waals surface area contributed by atoms with Crippen molar-refractivity contribution in [1.82, 2.24) is 15.1 Å². The Balaban J connectivity index is 1.41. The average Bonchev–Trinajstić information content (AvgIpc) is 3.29. The Labute approximate surface area is 183 Å². The van der Waals surface area contributed by atoms with Crippen molar-refractivity contribution in [1.29, 1.82) is 0 Å². The third kappa shape index (κ3) is 4.00. The van der Waals surface area contributed by atoms with Gasteiger partial charge in [-0.15, -0.1) is 10.2 Å². The van der Waals surface area contributed by atoms with Crippen molar-refractivity contribution in [2.45, 2.75) is 6.42 Å². The van der Waals surface area contributed by atoms with Crippen molar-refractivity contribution in [3.8, 4) is 0 Å². The standard InChI is InChI=1S/C19H12ClN5O5S/c20-14-6-5-10(25(29)30)9-13(14)16(26)21-19-23-22-15(31-19)7-8-24-17(27)11-3-1-2-4-12(11)18(24)28/h1-6,9H,7-8H2,(H,21,23,26). The highest BCUT2D eigenvalue weighted by Gasteiger charge is 2.34. The van der Waals surface area contributed by atoms with E-state index in [1.54, 1.807) is 24.3 Å². The highest BCUT2D eigenvalue weighted by molar-refractivity contribution is 7.15. The molecular weight excluding hydrogens is 446 g/mol. The van der Waals surface area contributed by atoms with Crippen LogP contribution in [-0.4, -0.2) is 44.3 Å². The zero-order valence-corrected chi connectivity index (χ0v) is 17.1. The van der Waals surface area contributed by atoms with Crippen molar-refractivity contribution in [2.75, 3.05) is 11.9 Å². The number of imide groups is 1. The Bertz CT molecular complexity index is 1210. The van der Waals surface area contributed by atoms with Gasteiger partial charge in [-0.25, -0.2) is 0 Å². The van der Waals surface area contributed by atoms with Gasteiger partial charge in [-0.3, -0.25) is 34.7 Å². The van der Waals surface area contributed by atoms with E-state index in [0.29, 0.717) is 16.1 Å². The molecule has 0 fully saturated rings. The van der Waals surface area contributed by atoms with Gasteiger partial charge >= 0.3 is 0 Å². The summed E-state index contributed by atoms with van der Waals surface area (Å²) in [5.41, 5.74) is 0.394. The smallest absolute Gasteiger partial charge is 0.270 e. The van der Waals surface area contributed by atoms with Gasteiger partial charge in [0.05, 0.1) is 26.6 Å². The molecule has 3 amide bonds. The van der Waals surface area contributed by atoms with Gasteiger partial charge in [-0.1, -0.05) is 35.1 Å². The van der Waals surface area contributed by atoms with Crippen molar-refractivity contribution in [2.24, 2.45) is 0 Å². The quantitative estimate of drug-likeness (QED) is 0.341. The van der Waals surface area contributed by atoms with E-state index in [0.717, 1.165) is 22.3 Å². The normalized spacial score (nSPS) is 12.7. The summed E-state index contributed by atoms with van der Waals surface area (Å²) in [5, 5.41) is 21.9. The van der Waals surface area contributed by atoms with Crippen LogP contribution in [0, 0.1) is 10.1 Å². The zero-order chi connectivity index (χ0) is 22.1. The lowest BCUT2D eigenvalue weighted by Crippen LogP contribution is -2.31. The number of carbonyl (C=O) groups is 3. The molecule has 0 bridgehead atoms. The van der Waals surface area contributed by atoms with E-state index < -0.39 is 10.8 Å². The van der Waals surface area contributed by atoms with Gasteiger partial charge < -0.3 is 0 Å². The number of aromatic nitrogens is 2. The Morgan fingerprint density at radius 1 is 1.13 bits per heavy atom. The molecule has 0 radical (unpaired) electrons. The molecule has 0 unspecified atom stereocenters. The number of rotatable bonds is 6. The van der Waals surface area contributed by atoms with E-state index in [2.05, 4.69) is 15.5 Å². The fourth-order valence-corrected chi connectivity index (χ4v) is 3.95. The van der Waals surface area contributed by atoms with Gasteiger partial charge in [0.2, 0.25) is 5.13 Å². The molecule has 12 heteroatoms. The number of non-ortho nitro benzene ring substituents is 1. The molecule has 4 rings (SSSR count). The Hall–Kier alpha value is -3.70. The molecular formula is C19H12ClN5O5S. The predicted molar refractivity (Wildman–Crippen MR) is 111 cm³/mol. The average molecular weight is 458 g/mol. The number of anilines is 1. The Morgan fingerprint density at radius 2 is 1.81 bits per heavy atom. The van der Waals surface area contributed by atoms with Crippen molar-refractivity contribution in [3.63, 3.8) is 0 Å². The molecule has 0 aliphatic carbocycles. The first-order valence-corrected chi connectivity index (χ1v) is 10.1. The number of hydrogen-bond acceptors (Lipinski definition) is 8. The van der Waals surface area contributed by atoms with E-state index in [9.17, 15) is 24.5 Å². The molecule has 3 aromatic rings. The van der Waals surface area contributed by atoms with Crippen molar-refractivity contribution < 1.29 is 19.3 Å². The van der Waals surface area contributed by atoms with Gasteiger partial charge in [-0.05, 0) is 18.2 Å². The zero-order valence-electron chi connectivity index (χ0n) is 15.6. The van der Waals surface area contributed by atoms with E-state index in [4.69, 9.17) is 11.6 Å². The predicted octanol–water partition coefficient (Wildman–Crippen LogP) is 3.19. The molecule has 1 aliphatic rings. The van der Waals surface area contributed by atoms with Gasteiger partial charge in [-0.2, -0.15) is 0 Å². The Morgan fingerprint density at radius 3 is 2.45 bits per heavy atom. The fraction of sp³-hybridized carbons (Fsp3) is 0.105. The third-order valence-corrected chi connectivity index (χ3v) is 5.75. The van der Waals surface area contributed by atoms with E-state index in [-0.39, 0.29) is 46.2 Å². The summed E-state index contributed by atoms with van der Waals surface area (Å²) in [6.45, 7) is 0.117. The number of halogens is 1. The Kier molecular flexibility index (Phi) is 5.44. The number of nitrogens with zero attached hydrogens (tertiary/aromatic N) is 4. The summed E-state index contributed by atoms with van der Waals surface area (Å²) in [5.74, 6) is -1.39. The largest absolute Gasteiger partial charge is 0.296 e. The van der Waals surface area contributed by atoms with Crippen molar-refractivity contribution >= 4 is 51.5 Å². The molecule has 1 N–H and O–H groups in total. The van der Waals surface area contributed by atoms with Crippen LogP contribution in [0.2, 0.25) is 5.02 Å². The van der Waals surface area contributed by atoms with Crippen molar-refractivity contribution in [3.05, 3.63) is 79.3 Å². The summed E-state index contributed by atoms with van der Waals surface area (Å²) >= 11 is 7.03. The lowest BCUT2D eigenvalue weighted by atomic mass is 10.1. The highest BCUT2D eigenvalue weighted by atomic mass is 35.5. The van der Waals surface area contributed by atoms with Gasteiger partial charge in [0.1, 0.15) is 5.01 Å². The molecule has 0 saturated heterocycles.